The number of amides is 1. The summed E-state index contributed by atoms with van der Waals surface area (Å²) < 4.78 is 5.90. The van der Waals surface area contributed by atoms with Gasteiger partial charge in [0.05, 0.1) is 0 Å². The summed E-state index contributed by atoms with van der Waals surface area (Å²) in [5.41, 5.74) is 2.83. The zero-order valence-corrected chi connectivity index (χ0v) is 17.1. The van der Waals surface area contributed by atoms with Gasteiger partial charge in [-0.3, -0.25) is 4.79 Å². The van der Waals surface area contributed by atoms with Crippen LogP contribution in [-0.4, -0.2) is 42.6 Å². The normalized spacial score (nSPS) is 21.3. The summed E-state index contributed by atoms with van der Waals surface area (Å²) >= 11 is 0. The van der Waals surface area contributed by atoms with E-state index in [1.165, 1.54) is 62.6 Å². The van der Waals surface area contributed by atoms with Gasteiger partial charge >= 0.3 is 0 Å². The van der Waals surface area contributed by atoms with E-state index >= 15 is 0 Å². The highest BCUT2D eigenvalue weighted by molar-refractivity contribution is 5.80. The molecule has 3 rings (SSSR count). The van der Waals surface area contributed by atoms with Crippen LogP contribution < -0.4 is 10.1 Å². The van der Waals surface area contributed by atoms with Gasteiger partial charge in [-0.2, -0.15) is 0 Å². The van der Waals surface area contributed by atoms with Crippen molar-refractivity contribution in [3.8, 4) is 5.75 Å². The van der Waals surface area contributed by atoms with E-state index < -0.39 is 6.10 Å². The van der Waals surface area contributed by atoms with Gasteiger partial charge in [0.2, 0.25) is 0 Å². The molecule has 4 heteroatoms. The van der Waals surface area contributed by atoms with E-state index in [1.807, 2.05) is 13.0 Å². The number of benzene rings is 1. The molecule has 0 radical (unpaired) electrons. The van der Waals surface area contributed by atoms with Crippen LogP contribution in [-0.2, 0) is 17.6 Å². The maximum Gasteiger partial charge on any atom is 0.260 e. The molecule has 2 atom stereocenters. The Bertz CT molecular complexity index is 616. The number of carbonyl (C=O) groups excluding carboxylic acids is 1. The molecule has 4 nitrogen and oxygen atoms in total. The van der Waals surface area contributed by atoms with Gasteiger partial charge in [-0.15, -0.1) is 0 Å². The average molecular weight is 373 g/mol. The predicted octanol–water partition coefficient (Wildman–Crippen LogP) is 4.10. The van der Waals surface area contributed by atoms with Gasteiger partial charge in [0.15, 0.2) is 6.10 Å². The largest absolute Gasteiger partial charge is 0.481 e. The van der Waals surface area contributed by atoms with Crippen molar-refractivity contribution in [2.75, 3.05) is 19.6 Å². The second kappa shape index (κ2) is 10.1. The molecule has 2 aliphatic rings. The fourth-order valence-electron chi connectivity index (χ4n) is 4.49. The predicted molar refractivity (Wildman–Crippen MR) is 110 cm³/mol. The Labute approximate surface area is 164 Å². The summed E-state index contributed by atoms with van der Waals surface area (Å²) in [6.45, 7) is 7.14. The Morgan fingerprint density at radius 1 is 1.22 bits per heavy atom. The fraction of sp³-hybridized carbons (Fsp3) is 0.696. The molecule has 1 N–H and O–H groups in total. The van der Waals surface area contributed by atoms with E-state index in [1.54, 1.807) is 0 Å². The first kappa shape index (κ1) is 20.2. The smallest absolute Gasteiger partial charge is 0.260 e. The number of rotatable bonds is 8. The van der Waals surface area contributed by atoms with Crippen LogP contribution in [0.1, 0.15) is 69.9 Å². The number of piperidine rings is 1. The molecule has 1 fully saturated rings. The van der Waals surface area contributed by atoms with Crippen molar-refractivity contribution in [3.05, 3.63) is 29.3 Å². The van der Waals surface area contributed by atoms with Crippen LogP contribution in [0.15, 0.2) is 18.2 Å². The van der Waals surface area contributed by atoms with Gasteiger partial charge in [0.1, 0.15) is 5.75 Å². The number of nitrogens with one attached hydrogen (secondary N) is 1. The molecule has 150 valence electrons. The number of ether oxygens (including phenoxy) is 1. The molecule has 0 unspecified atom stereocenters. The van der Waals surface area contributed by atoms with Crippen molar-refractivity contribution in [1.29, 1.82) is 0 Å². The molecule has 0 saturated carbocycles. The van der Waals surface area contributed by atoms with E-state index in [9.17, 15) is 4.79 Å². The highest BCUT2D eigenvalue weighted by Gasteiger charge is 2.20. The van der Waals surface area contributed by atoms with Crippen LogP contribution in [0.2, 0.25) is 0 Å². The second-order valence-corrected chi connectivity index (χ2v) is 8.14. The molecule has 1 aromatic rings. The van der Waals surface area contributed by atoms with Gasteiger partial charge in [0, 0.05) is 19.1 Å². The SMILES string of the molecule is CC[C@H]1CCCCN1CCCNC(=O)[C@@H](C)Oc1ccc2c(c1)CCCC2. The van der Waals surface area contributed by atoms with Crippen molar-refractivity contribution in [2.24, 2.45) is 0 Å². The number of fused-ring (bicyclic) bond motifs is 1. The zero-order valence-electron chi connectivity index (χ0n) is 17.1. The average Bonchev–Trinajstić information content (AvgIpc) is 2.71. The van der Waals surface area contributed by atoms with Crippen molar-refractivity contribution in [1.82, 2.24) is 10.2 Å². The summed E-state index contributed by atoms with van der Waals surface area (Å²) in [5.74, 6) is 0.802. The quantitative estimate of drug-likeness (QED) is 0.699. The molecule has 1 saturated heterocycles. The molecule has 27 heavy (non-hydrogen) atoms. The van der Waals surface area contributed by atoms with Crippen LogP contribution in [0, 0.1) is 0 Å². The highest BCUT2D eigenvalue weighted by atomic mass is 16.5. The number of hydrogen-bond donors (Lipinski definition) is 1. The molecular weight excluding hydrogens is 336 g/mol. The molecule has 0 aromatic heterocycles. The maximum atomic E-state index is 12.4. The van der Waals surface area contributed by atoms with E-state index in [4.69, 9.17) is 4.74 Å². The molecule has 1 aromatic carbocycles. The van der Waals surface area contributed by atoms with Crippen molar-refractivity contribution >= 4 is 5.91 Å². The minimum atomic E-state index is -0.454. The highest BCUT2D eigenvalue weighted by Crippen LogP contribution is 2.26. The number of hydrogen-bond acceptors (Lipinski definition) is 3. The number of nitrogens with zero attached hydrogens (tertiary/aromatic N) is 1. The van der Waals surface area contributed by atoms with Crippen molar-refractivity contribution < 1.29 is 9.53 Å². The Morgan fingerprint density at radius 3 is 2.85 bits per heavy atom. The van der Waals surface area contributed by atoms with Crippen LogP contribution in [0.3, 0.4) is 0 Å². The Morgan fingerprint density at radius 2 is 2.04 bits per heavy atom. The van der Waals surface area contributed by atoms with E-state index in [2.05, 4.69) is 29.3 Å². The van der Waals surface area contributed by atoms with Crippen LogP contribution in [0.5, 0.6) is 5.75 Å². The molecule has 1 amide bonds. The van der Waals surface area contributed by atoms with Crippen LogP contribution in [0.4, 0.5) is 0 Å². The lowest BCUT2D eigenvalue weighted by Crippen LogP contribution is -2.41. The molecule has 0 spiro atoms. The molecule has 1 aliphatic heterocycles. The van der Waals surface area contributed by atoms with Gasteiger partial charge in [0.25, 0.3) is 5.91 Å². The third-order valence-electron chi connectivity index (χ3n) is 6.14. The van der Waals surface area contributed by atoms with Gasteiger partial charge < -0.3 is 15.0 Å². The lowest BCUT2D eigenvalue weighted by Gasteiger charge is -2.35. The Balaban J connectivity index is 1.39. The third kappa shape index (κ3) is 5.71. The summed E-state index contributed by atoms with van der Waals surface area (Å²) in [6.07, 6.45) is 10.6. The minimum absolute atomic E-state index is 0.0154. The van der Waals surface area contributed by atoms with Gasteiger partial charge in [-0.25, -0.2) is 0 Å². The first-order chi connectivity index (χ1) is 13.2. The zero-order chi connectivity index (χ0) is 19.1. The molecular formula is C23H36N2O2. The van der Waals surface area contributed by atoms with E-state index in [-0.39, 0.29) is 5.91 Å². The first-order valence-electron chi connectivity index (χ1n) is 11.0. The summed E-state index contributed by atoms with van der Waals surface area (Å²) in [6, 6.07) is 7.03. The van der Waals surface area contributed by atoms with E-state index in [0.717, 1.165) is 37.7 Å². The monoisotopic (exact) mass is 372 g/mol. The number of carbonyl (C=O) groups is 1. The van der Waals surface area contributed by atoms with Gasteiger partial charge in [-0.1, -0.05) is 19.4 Å². The fourth-order valence-corrected chi connectivity index (χ4v) is 4.49. The second-order valence-electron chi connectivity index (χ2n) is 8.14. The van der Waals surface area contributed by atoms with Crippen LogP contribution in [0.25, 0.3) is 0 Å². The standard InChI is InChI=1S/C23H36N2O2/c1-3-21-11-6-7-15-25(21)16-8-14-24-23(26)18(2)27-22-13-12-19-9-4-5-10-20(19)17-22/h12-13,17-18,21H,3-11,14-16H2,1-2H3,(H,24,26)/t18-,21+/m1/s1. The Hall–Kier alpha value is -1.55. The molecule has 0 bridgehead atoms. The van der Waals surface area contributed by atoms with Crippen molar-refractivity contribution in [2.45, 2.75) is 83.8 Å². The van der Waals surface area contributed by atoms with E-state index in [0.29, 0.717) is 0 Å². The lowest BCUT2D eigenvalue weighted by molar-refractivity contribution is -0.127. The topological polar surface area (TPSA) is 41.6 Å². The minimum Gasteiger partial charge on any atom is -0.481 e. The summed E-state index contributed by atoms with van der Waals surface area (Å²) in [7, 11) is 0. The van der Waals surface area contributed by atoms with Crippen molar-refractivity contribution in [3.63, 3.8) is 0 Å². The molecule has 1 heterocycles. The third-order valence-corrected chi connectivity index (χ3v) is 6.14. The number of likely N-dealkylation sites (tertiary alicyclic amines) is 1. The molecule has 1 aliphatic carbocycles. The lowest BCUT2D eigenvalue weighted by atomic mass is 9.92. The number of aryl methyl sites for hydroxylation is 2. The summed E-state index contributed by atoms with van der Waals surface area (Å²) in [5, 5.41) is 3.05. The maximum absolute atomic E-state index is 12.4. The van der Waals surface area contributed by atoms with Crippen LogP contribution >= 0.6 is 0 Å². The summed E-state index contributed by atoms with van der Waals surface area (Å²) in [4.78, 5) is 15.0. The first-order valence-corrected chi connectivity index (χ1v) is 11.0. The van der Waals surface area contributed by atoms with Gasteiger partial charge in [-0.05, 0) is 88.1 Å². The Kier molecular flexibility index (Phi) is 7.57.